The number of aliphatic carboxylic acids is 1. The molecule has 1 saturated carbocycles. The Kier molecular flexibility index (Phi) is 4.13. The van der Waals surface area contributed by atoms with E-state index in [0.29, 0.717) is 12.2 Å². The number of carboxylic acid groups (broad SMARTS) is 1. The number of benzene rings is 1. The van der Waals surface area contributed by atoms with Crippen molar-refractivity contribution in [3.8, 4) is 0 Å². The van der Waals surface area contributed by atoms with Gasteiger partial charge in [0.1, 0.15) is 5.54 Å². The average Bonchev–Trinajstić information content (AvgIpc) is 3.00. The van der Waals surface area contributed by atoms with Gasteiger partial charge in [-0.2, -0.15) is 0 Å². The van der Waals surface area contributed by atoms with Crippen molar-refractivity contribution in [3.63, 3.8) is 0 Å². The number of hydrogen-bond acceptors (Lipinski definition) is 4. The lowest BCUT2D eigenvalue weighted by Gasteiger charge is -2.58. The molecule has 0 unspecified atom stereocenters. The van der Waals surface area contributed by atoms with Crippen LogP contribution >= 0.6 is 11.3 Å². The van der Waals surface area contributed by atoms with Gasteiger partial charge in [0.05, 0.1) is 6.10 Å². The van der Waals surface area contributed by atoms with Crippen LogP contribution in [0, 0.1) is 5.41 Å². The first kappa shape index (κ1) is 16.9. The summed E-state index contributed by atoms with van der Waals surface area (Å²) in [5, 5.41) is 15.5. The smallest absolute Gasteiger partial charge is 0.330 e. The molecule has 5 nitrogen and oxygen atoms in total. The highest BCUT2D eigenvalue weighted by Gasteiger charge is 2.66. The monoisotopic (exact) mass is 347 g/mol. The number of carboxylic acids is 1. The van der Waals surface area contributed by atoms with E-state index in [1.807, 2.05) is 38.3 Å². The van der Waals surface area contributed by atoms with Crippen LogP contribution in [0.3, 0.4) is 0 Å². The second kappa shape index (κ2) is 5.86. The van der Waals surface area contributed by atoms with Crippen LogP contribution in [0.4, 0.5) is 0 Å². The molecule has 128 valence electrons. The molecule has 24 heavy (non-hydrogen) atoms. The zero-order valence-electron chi connectivity index (χ0n) is 14.0. The standard InChI is InChI=1S/C18H21NO4S/c1-4-23-14-10-18(16(21)22,17(14,2)3)19-15(20)12-5-6-13-11(9-12)7-8-24-13/h5-9,14H,4,10H2,1-3H3,(H,19,20)(H,21,22)/t14-,18-/m0/s1. The van der Waals surface area contributed by atoms with Crippen LogP contribution in [-0.4, -0.2) is 35.2 Å². The molecule has 1 aromatic heterocycles. The first-order valence-electron chi connectivity index (χ1n) is 7.96. The molecule has 1 aliphatic carbocycles. The van der Waals surface area contributed by atoms with Crippen LogP contribution in [0.1, 0.15) is 37.6 Å². The molecule has 0 spiro atoms. The fraction of sp³-hybridized carbons (Fsp3) is 0.444. The van der Waals surface area contributed by atoms with Gasteiger partial charge in [0.25, 0.3) is 5.91 Å². The Hall–Kier alpha value is -1.92. The summed E-state index contributed by atoms with van der Waals surface area (Å²) >= 11 is 1.60. The third-order valence-corrected chi connectivity index (χ3v) is 6.07. The minimum atomic E-state index is -1.31. The Morgan fingerprint density at radius 3 is 2.75 bits per heavy atom. The van der Waals surface area contributed by atoms with Crippen molar-refractivity contribution in [2.45, 2.75) is 38.8 Å². The maximum atomic E-state index is 12.7. The zero-order valence-corrected chi connectivity index (χ0v) is 14.8. The molecular formula is C18H21NO4S. The first-order chi connectivity index (χ1) is 11.3. The fourth-order valence-electron chi connectivity index (χ4n) is 3.41. The third-order valence-electron chi connectivity index (χ3n) is 5.17. The van der Waals surface area contributed by atoms with Gasteiger partial charge in [0.2, 0.25) is 0 Å². The average molecular weight is 347 g/mol. The van der Waals surface area contributed by atoms with E-state index >= 15 is 0 Å². The van der Waals surface area contributed by atoms with E-state index in [1.54, 1.807) is 23.5 Å². The van der Waals surface area contributed by atoms with Crippen molar-refractivity contribution in [2.24, 2.45) is 5.41 Å². The minimum absolute atomic E-state index is 0.182. The Labute approximate surface area is 144 Å². The molecule has 1 heterocycles. The highest BCUT2D eigenvalue weighted by atomic mass is 32.1. The van der Waals surface area contributed by atoms with E-state index in [-0.39, 0.29) is 18.4 Å². The molecule has 1 aromatic carbocycles. The Morgan fingerprint density at radius 1 is 1.38 bits per heavy atom. The number of carbonyl (C=O) groups excluding carboxylic acids is 1. The number of amides is 1. The molecule has 3 rings (SSSR count). The van der Waals surface area contributed by atoms with E-state index in [1.165, 1.54) is 0 Å². The molecule has 2 aromatic rings. The Balaban J connectivity index is 1.86. The van der Waals surface area contributed by atoms with Crippen molar-refractivity contribution < 1.29 is 19.4 Å². The summed E-state index contributed by atoms with van der Waals surface area (Å²) in [7, 11) is 0. The van der Waals surface area contributed by atoms with Gasteiger partial charge in [0.15, 0.2) is 0 Å². The Bertz CT molecular complexity index is 797. The number of carbonyl (C=O) groups is 2. The van der Waals surface area contributed by atoms with E-state index < -0.39 is 16.9 Å². The van der Waals surface area contributed by atoms with E-state index in [0.717, 1.165) is 10.1 Å². The van der Waals surface area contributed by atoms with Crippen LogP contribution in [0.2, 0.25) is 0 Å². The second-order valence-electron chi connectivity index (χ2n) is 6.71. The molecule has 1 aliphatic rings. The molecule has 2 atom stereocenters. The van der Waals surface area contributed by atoms with Crippen LogP contribution in [0.25, 0.3) is 10.1 Å². The van der Waals surface area contributed by atoms with Gasteiger partial charge in [0, 0.05) is 28.7 Å². The van der Waals surface area contributed by atoms with E-state index in [4.69, 9.17) is 4.74 Å². The summed E-state index contributed by atoms with van der Waals surface area (Å²) in [6.45, 7) is 6.05. The van der Waals surface area contributed by atoms with Gasteiger partial charge in [-0.05, 0) is 42.0 Å². The maximum Gasteiger partial charge on any atom is 0.330 e. The molecule has 2 N–H and O–H groups in total. The summed E-state index contributed by atoms with van der Waals surface area (Å²) in [4.78, 5) is 24.6. The van der Waals surface area contributed by atoms with Crippen molar-refractivity contribution in [3.05, 3.63) is 35.2 Å². The largest absolute Gasteiger partial charge is 0.479 e. The quantitative estimate of drug-likeness (QED) is 0.870. The van der Waals surface area contributed by atoms with Crippen LogP contribution in [-0.2, 0) is 9.53 Å². The van der Waals surface area contributed by atoms with E-state index in [2.05, 4.69) is 5.32 Å². The lowest BCUT2D eigenvalue weighted by Crippen LogP contribution is -2.76. The van der Waals surface area contributed by atoms with Gasteiger partial charge in [-0.1, -0.05) is 13.8 Å². The highest BCUT2D eigenvalue weighted by molar-refractivity contribution is 7.17. The molecule has 1 fully saturated rings. The van der Waals surface area contributed by atoms with Crippen LogP contribution < -0.4 is 5.32 Å². The van der Waals surface area contributed by atoms with Crippen molar-refractivity contribution in [2.75, 3.05) is 6.61 Å². The predicted octanol–water partition coefficient (Wildman–Crippen LogP) is 3.29. The molecule has 0 bridgehead atoms. The minimum Gasteiger partial charge on any atom is -0.479 e. The van der Waals surface area contributed by atoms with Crippen LogP contribution in [0.15, 0.2) is 29.6 Å². The number of hydrogen-bond donors (Lipinski definition) is 2. The van der Waals surface area contributed by atoms with Gasteiger partial charge in [-0.25, -0.2) is 4.79 Å². The van der Waals surface area contributed by atoms with Crippen molar-refractivity contribution in [1.82, 2.24) is 5.32 Å². The molecular weight excluding hydrogens is 326 g/mol. The second-order valence-corrected chi connectivity index (χ2v) is 7.66. The zero-order chi connectivity index (χ0) is 17.5. The number of thiophene rings is 1. The molecule has 6 heteroatoms. The fourth-order valence-corrected chi connectivity index (χ4v) is 4.18. The Morgan fingerprint density at radius 2 is 2.12 bits per heavy atom. The SMILES string of the molecule is CCO[C@H]1C[C@](NC(=O)c2ccc3sccc3c2)(C(=O)O)C1(C)C. The first-order valence-corrected chi connectivity index (χ1v) is 8.84. The number of rotatable bonds is 5. The predicted molar refractivity (Wildman–Crippen MR) is 93.5 cm³/mol. The van der Waals surface area contributed by atoms with Gasteiger partial charge >= 0.3 is 5.97 Å². The molecule has 0 aliphatic heterocycles. The highest BCUT2D eigenvalue weighted by Crippen LogP contribution is 2.51. The van der Waals surface area contributed by atoms with Crippen molar-refractivity contribution in [1.29, 1.82) is 0 Å². The summed E-state index contributed by atoms with van der Waals surface area (Å²) < 4.78 is 6.72. The summed E-state index contributed by atoms with van der Waals surface area (Å²) in [5.74, 6) is -1.39. The summed E-state index contributed by atoms with van der Waals surface area (Å²) in [5.41, 5.74) is -1.53. The topological polar surface area (TPSA) is 75.6 Å². The molecule has 0 radical (unpaired) electrons. The number of fused-ring (bicyclic) bond motifs is 1. The summed E-state index contributed by atoms with van der Waals surface area (Å²) in [6, 6.07) is 7.36. The maximum absolute atomic E-state index is 12.7. The van der Waals surface area contributed by atoms with E-state index in [9.17, 15) is 14.7 Å². The summed E-state index contributed by atoms with van der Waals surface area (Å²) in [6.07, 6.45) is 0.0912. The van der Waals surface area contributed by atoms with Gasteiger partial charge < -0.3 is 15.2 Å². The van der Waals surface area contributed by atoms with Crippen molar-refractivity contribution >= 4 is 33.3 Å². The molecule has 1 amide bonds. The lowest BCUT2D eigenvalue weighted by molar-refractivity contribution is -0.190. The number of ether oxygens (including phenoxy) is 1. The number of nitrogens with one attached hydrogen (secondary N) is 1. The molecule has 0 saturated heterocycles. The van der Waals surface area contributed by atoms with Gasteiger partial charge in [-0.3, -0.25) is 4.79 Å². The van der Waals surface area contributed by atoms with Crippen LogP contribution in [0.5, 0.6) is 0 Å². The normalized spacial score (nSPS) is 25.2. The lowest BCUT2D eigenvalue weighted by atomic mass is 9.54. The van der Waals surface area contributed by atoms with Gasteiger partial charge in [-0.15, -0.1) is 11.3 Å². The third kappa shape index (κ3) is 2.41.